The van der Waals surface area contributed by atoms with Crippen molar-refractivity contribution in [2.45, 2.75) is 18.8 Å². The van der Waals surface area contributed by atoms with Gasteiger partial charge in [-0.1, -0.05) is 60.7 Å². The molecule has 0 bridgehead atoms. The van der Waals surface area contributed by atoms with Crippen LogP contribution in [0.5, 0.6) is 0 Å². The van der Waals surface area contributed by atoms with Crippen molar-refractivity contribution in [3.63, 3.8) is 0 Å². The van der Waals surface area contributed by atoms with E-state index in [9.17, 15) is 4.79 Å². The number of alkyl halides is 1. The summed E-state index contributed by atoms with van der Waals surface area (Å²) in [6.45, 7) is 1.51. The molecular formula is C22H19FN2O. The van der Waals surface area contributed by atoms with Crippen molar-refractivity contribution in [1.82, 2.24) is 5.32 Å². The number of carbonyl (C=O) groups is 1. The van der Waals surface area contributed by atoms with Crippen LogP contribution in [-0.2, 0) is 5.67 Å². The van der Waals surface area contributed by atoms with Crippen LogP contribution in [0.3, 0.4) is 0 Å². The Morgan fingerprint density at radius 1 is 0.885 bits per heavy atom. The lowest BCUT2D eigenvalue weighted by molar-refractivity contribution is 0.0793. The summed E-state index contributed by atoms with van der Waals surface area (Å²) in [5.74, 6) is -0.266. The number of rotatable bonds is 3. The molecule has 1 heterocycles. The van der Waals surface area contributed by atoms with Crippen LogP contribution >= 0.6 is 0 Å². The molecule has 1 N–H and O–H groups in total. The highest BCUT2D eigenvalue weighted by atomic mass is 19.1. The second kappa shape index (κ2) is 6.30. The minimum atomic E-state index is -1.79. The minimum Gasteiger partial charge on any atom is -0.328 e. The van der Waals surface area contributed by atoms with Gasteiger partial charge in [0.15, 0.2) is 5.67 Å². The average Bonchev–Trinajstić information content (AvgIpc) is 2.69. The van der Waals surface area contributed by atoms with Gasteiger partial charge in [0.1, 0.15) is 6.17 Å². The van der Waals surface area contributed by atoms with E-state index in [0.717, 1.165) is 5.69 Å². The third-order valence-electron chi connectivity index (χ3n) is 4.82. The first kappa shape index (κ1) is 16.3. The van der Waals surface area contributed by atoms with Gasteiger partial charge in [0, 0.05) is 5.69 Å². The summed E-state index contributed by atoms with van der Waals surface area (Å²) in [5.41, 5.74) is 0.791. The summed E-state index contributed by atoms with van der Waals surface area (Å²) in [7, 11) is 0. The second-order valence-corrected chi connectivity index (χ2v) is 6.54. The Balaban J connectivity index is 1.89. The molecule has 0 saturated heterocycles. The first-order valence-corrected chi connectivity index (χ1v) is 8.57. The zero-order valence-electron chi connectivity index (χ0n) is 14.4. The molecule has 0 aliphatic carbocycles. The quantitative estimate of drug-likeness (QED) is 0.740. The number of benzene rings is 3. The molecule has 0 unspecified atom stereocenters. The number of nitrogens with zero attached hydrogens (tertiary/aromatic N) is 1. The number of amides is 1. The van der Waals surface area contributed by atoms with E-state index in [1.54, 1.807) is 30.3 Å². The van der Waals surface area contributed by atoms with Crippen molar-refractivity contribution in [2.24, 2.45) is 0 Å². The highest BCUT2D eigenvalue weighted by molar-refractivity contribution is 6.03. The molecule has 1 amide bonds. The van der Waals surface area contributed by atoms with Crippen LogP contribution in [0.1, 0.15) is 22.8 Å². The first-order valence-electron chi connectivity index (χ1n) is 8.57. The molecule has 3 aromatic rings. The number of para-hydroxylation sites is 2. The predicted octanol–water partition coefficient (Wildman–Crippen LogP) is 4.78. The van der Waals surface area contributed by atoms with Crippen LogP contribution in [0.25, 0.3) is 0 Å². The maximum absolute atomic E-state index is 16.1. The van der Waals surface area contributed by atoms with Gasteiger partial charge in [0.05, 0.1) is 11.3 Å². The number of carbonyl (C=O) groups excluding carboxylic acids is 1. The Bertz CT molecular complexity index is 925. The van der Waals surface area contributed by atoms with Crippen LogP contribution in [0.15, 0.2) is 84.9 Å². The van der Waals surface area contributed by atoms with E-state index in [1.807, 2.05) is 59.5 Å². The van der Waals surface area contributed by atoms with Gasteiger partial charge in [0.25, 0.3) is 5.91 Å². The van der Waals surface area contributed by atoms with Gasteiger partial charge >= 0.3 is 0 Å². The molecule has 0 fully saturated rings. The van der Waals surface area contributed by atoms with Gasteiger partial charge in [0.2, 0.25) is 0 Å². The van der Waals surface area contributed by atoms with Crippen molar-refractivity contribution < 1.29 is 9.18 Å². The molecule has 0 aromatic heterocycles. The summed E-state index contributed by atoms with van der Waals surface area (Å²) >= 11 is 0. The SMILES string of the molecule is C[C@@](F)(c1ccccc1)[C@H]1NC(=O)c2ccccc2N1c1ccccc1. The van der Waals surface area contributed by atoms with Gasteiger partial charge in [-0.05, 0) is 36.8 Å². The number of hydrogen-bond donors (Lipinski definition) is 1. The Kier molecular flexibility index (Phi) is 3.96. The molecule has 130 valence electrons. The summed E-state index contributed by atoms with van der Waals surface area (Å²) in [5, 5.41) is 2.87. The zero-order valence-corrected chi connectivity index (χ0v) is 14.4. The van der Waals surface area contributed by atoms with Crippen molar-refractivity contribution in [2.75, 3.05) is 4.90 Å². The summed E-state index contributed by atoms with van der Waals surface area (Å²) in [6.07, 6.45) is -0.866. The minimum absolute atomic E-state index is 0.266. The average molecular weight is 346 g/mol. The fourth-order valence-corrected chi connectivity index (χ4v) is 3.46. The van der Waals surface area contributed by atoms with Gasteiger partial charge < -0.3 is 10.2 Å². The highest BCUT2D eigenvalue weighted by Gasteiger charge is 2.45. The zero-order chi connectivity index (χ0) is 18.1. The van der Waals surface area contributed by atoms with Gasteiger partial charge in [-0.3, -0.25) is 4.79 Å². The van der Waals surface area contributed by atoms with Crippen LogP contribution < -0.4 is 10.2 Å². The van der Waals surface area contributed by atoms with E-state index >= 15 is 4.39 Å². The monoisotopic (exact) mass is 346 g/mol. The molecule has 3 nitrogen and oxygen atoms in total. The normalized spacial score (nSPS) is 18.6. The fourth-order valence-electron chi connectivity index (χ4n) is 3.46. The van der Waals surface area contributed by atoms with E-state index in [1.165, 1.54) is 6.92 Å². The van der Waals surface area contributed by atoms with Gasteiger partial charge in [-0.15, -0.1) is 0 Å². The Morgan fingerprint density at radius 2 is 1.46 bits per heavy atom. The molecule has 1 aliphatic heterocycles. The lowest BCUT2D eigenvalue weighted by Gasteiger charge is -2.44. The van der Waals surface area contributed by atoms with Crippen molar-refractivity contribution in [3.8, 4) is 0 Å². The van der Waals surface area contributed by atoms with E-state index in [4.69, 9.17) is 0 Å². The number of fused-ring (bicyclic) bond motifs is 1. The van der Waals surface area contributed by atoms with Crippen molar-refractivity contribution in [1.29, 1.82) is 0 Å². The molecule has 0 radical (unpaired) electrons. The van der Waals surface area contributed by atoms with Crippen LogP contribution in [-0.4, -0.2) is 12.1 Å². The van der Waals surface area contributed by atoms with Gasteiger partial charge in [-0.25, -0.2) is 4.39 Å². The lowest BCUT2D eigenvalue weighted by Crippen LogP contribution is -2.59. The van der Waals surface area contributed by atoms with E-state index in [2.05, 4.69) is 5.32 Å². The van der Waals surface area contributed by atoms with Crippen molar-refractivity contribution in [3.05, 3.63) is 96.1 Å². The third-order valence-corrected chi connectivity index (χ3v) is 4.82. The van der Waals surface area contributed by atoms with E-state index in [0.29, 0.717) is 16.8 Å². The van der Waals surface area contributed by atoms with E-state index < -0.39 is 11.8 Å². The standard InChI is InChI=1S/C22H19FN2O/c1-22(23,16-10-4-2-5-11-16)21-24-20(26)18-14-8-9-15-19(18)25(21)17-12-6-3-7-13-17/h2-15,21H,1H3,(H,24,26)/t21-,22+/m0/s1. The molecule has 4 rings (SSSR count). The maximum atomic E-state index is 16.1. The molecular weight excluding hydrogens is 327 g/mol. The Labute approximate surface area is 152 Å². The summed E-state index contributed by atoms with van der Waals surface area (Å²) in [6, 6.07) is 25.8. The topological polar surface area (TPSA) is 32.3 Å². The molecule has 4 heteroatoms. The largest absolute Gasteiger partial charge is 0.328 e. The Morgan fingerprint density at radius 3 is 2.15 bits per heavy atom. The van der Waals surface area contributed by atoms with Crippen LogP contribution in [0, 0.1) is 0 Å². The molecule has 2 atom stereocenters. The number of anilines is 2. The van der Waals surface area contributed by atoms with Gasteiger partial charge in [-0.2, -0.15) is 0 Å². The summed E-state index contributed by atoms with van der Waals surface area (Å²) in [4.78, 5) is 14.5. The first-order chi connectivity index (χ1) is 12.6. The second-order valence-electron chi connectivity index (χ2n) is 6.54. The smallest absolute Gasteiger partial charge is 0.255 e. The number of nitrogens with one attached hydrogen (secondary N) is 1. The summed E-state index contributed by atoms with van der Waals surface area (Å²) < 4.78 is 16.1. The molecule has 3 aromatic carbocycles. The van der Waals surface area contributed by atoms with Crippen LogP contribution in [0.2, 0.25) is 0 Å². The lowest BCUT2D eigenvalue weighted by atomic mass is 9.90. The van der Waals surface area contributed by atoms with Crippen LogP contribution in [0.4, 0.5) is 15.8 Å². The van der Waals surface area contributed by atoms with E-state index in [-0.39, 0.29) is 5.91 Å². The predicted molar refractivity (Wildman–Crippen MR) is 101 cm³/mol. The Hall–Kier alpha value is -3.14. The third kappa shape index (κ3) is 2.64. The van der Waals surface area contributed by atoms with Crippen molar-refractivity contribution >= 4 is 17.3 Å². The molecule has 0 spiro atoms. The number of hydrogen-bond acceptors (Lipinski definition) is 2. The maximum Gasteiger partial charge on any atom is 0.255 e. The fraction of sp³-hybridized carbons (Fsp3) is 0.136. The number of halogens is 1. The molecule has 0 saturated carbocycles. The molecule has 26 heavy (non-hydrogen) atoms. The highest BCUT2D eigenvalue weighted by Crippen LogP contribution is 2.41. The molecule has 1 aliphatic rings.